The molecule has 0 bridgehead atoms. The highest BCUT2D eigenvalue weighted by Crippen LogP contribution is 2.25. The van der Waals surface area contributed by atoms with Gasteiger partial charge in [-0.3, -0.25) is 0 Å². The number of rotatable bonds is 5. The summed E-state index contributed by atoms with van der Waals surface area (Å²) in [5.74, 6) is -0.0227. The lowest BCUT2D eigenvalue weighted by Gasteiger charge is -2.27. The van der Waals surface area contributed by atoms with Gasteiger partial charge in [-0.2, -0.15) is 0 Å². The molecule has 1 aromatic heterocycles. The molecule has 0 saturated heterocycles. The highest BCUT2D eigenvalue weighted by Gasteiger charge is 2.28. The Balaban J connectivity index is 2.88. The lowest BCUT2D eigenvalue weighted by atomic mass is 9.93. The van der Waals surface area contributed by atoms with Crippen molar-refractivity contribution < 1.29 is 13.5 Å². The predicted molar refractivity (Wildman–Crippen MR) is 74.4 cm³/mol. The maximum absolute atomic E-state index is 12.1. The van der Waals surface area contributed by atoms with E-state index in [0.717, 1.165) is 9.75 Å². The number of nitrogens with one attached hydrogen (secondary N) is 1. The lowest BCUT2D eigenvalue weighted by molar-refractivity contribution is 0.0190. The van der Waals surface area contributed by atoms with Gasteiger partial charge in [0.1, 0.15) is 0 Å². The van der Waals surface area contributed by atoms with Crippen molar-refractivity contribution in [2.24, 2.45) is 5.92 Å². The van der Waals surface area contributed by atoms with Crippen molar-refractivity contribution >= 4 is 21.4 Å². The van der Waals surface area contributed by atoms with Crippen LogP contribution in [0, 0.1) is 19.8 Å². The van der Waals surface area contributed by atoms with Gasteiger partial charge in [-0.15, -0.1) is 11.3 Å². The summed E-state index contributed by atoms with van der Waals surface area (Å²) in [6.45, 7) is 9.02. The Labute approximate surface area is 113 Å². The van der Waals surface area contributed by atoms with Gasteiger partial charge in [0.2, 0.25) is 10.0 Å². The topological polar surface area (TPSA) is 66.4 Å². The number of hydrogen-bond donors (Lipinski definition) is 2. The SMILES string of the molecule is Cc1cc(S(=O)(=O)NCC(C)(O)C(C)C)c(C)s1. The van der Waals surface area contributed by atoms with Crippen LogP contribution in [0.25, 0.3) is 0 Å². The van der Waals surface area contributed by atoms with Crippen molar-refractivity contribution in [3.63, 3.8) is 0 Å². The molecule has 18 heavy (non-hydrogen) atoms. The van der Waals surface area contributed by atoms with E-state index >= 15 is 0 Å². The van der Waals surface area contributed by atoms with Gasteiger partial charge in [-0.1, -0.05) is 13.8 Å². The Morgan fingerprint density at radius 2 is 2.00 bits per heavy atom. The minimum Gasteiger partial charge on any atom is -0.389 e. The van der Waals surface area contributed by atoms with Crippen LogP contribution in [0.2, 0.25) is 0 Å². The van der Waals surface area contributed by atoms with Crippen LogP contribution in [0.4, 0.5) is 0 Å². The summed E-state index contributed by atoms with van der Waals surface area (Å²) >= 11 is 1.45. The monoisotopic (exact) mass is 291 g/mol. The number of hydrogen-bond acceptors (Lipinski definition) is 4. The first-order valence-electron chi connectivity index (χ1n) is 5.85. The first-order valence-corrected chi connectivity index (χ1v) is 8.15. The molecular formula is C12H21NO3S2. The molecule has 104 valence electrons. The summed E-state index contributed by atoms with van der Waals surface area (Å²) in [5, 5.41) is 10.1. The average Bonchev–Trinajstić information content (AvgIpc) is 2.56. The van der Waals surface area contributed by atoms with E-state index in [1.807, 2.05) is 20.8 Å². The molecule has 0 radical (unpaired) electrons. The lowest BCUT2D eigenvalue weighted by Crippen LogP contribution is -2.44. The molecule has 2 N–H and O–H groups in total. The fourth-order valence-corrected chi connectivity index (χ4v) is 4.09. The molecular weight excluding hydrogens is 270 g/mol. The van der Waals surface area contributed by atoms with E-state index in [9.17, 15) is 13.5 Å². The fourth-order valence-electron chi connectivity index (χ4n) is 1.40. The van der Waals surface area contributed by atoms with Gasteiger partial charge in [0.15, 0.2) is 0 Å². The van der Waals surface area contributed by atoms with E-state index < -0.39 is 15.6 Å². The van der Waals surface area contributed by atoms with Crippen LogP contribution < -0.4 is 4.72 Å². The molecule has 1 aromatic rings. The zero-order chi connectivity index (χ0) is 14.1. The van der Waals surface area contributed by atoms with Gasteiger partial charge in [-0.05, 0) is 32.8 Å². The maximum Gasteiger partial charge on any atom is 0.241 e. The third kappa shape index (κ3) is 3.54. The van der Waals surface area contributed by atoms with Crippen molar-refractivity contribution in [1.82, 2.24) is 4.72 Å². The Morgan fingerprint density at radius 1 is 1.44 bits per heavy atom. The summed E-state index contributed by atoms with van der Waals surface area (Å²) in [6.07, 6.45) is 0. The molecule has 4 nitrogen and oxygen atoms in total. The first-order chi connectivity index (χ1) is 8.06. The van der Waals surface area contributed by atoms with Gasteiger partial charge >= 0.3 is 0 Å². The molecule has 0 aliphatic carbocycles. The molecule has 0 fully saturated rings. The standard InChI is InChI=1S/C12H21NO3S2/c1-8(2)12(5,14)7-13-18(15,16)11-6-9(3)17-10(11)4/h6,8,13-14H,7H2,1-5H3. The third-order valence-corrected chi connectivity index (χ3v) is 5.77. The molecule has 0 spiro atoms. The number of aliphatic hydroxyl groups is 1. The van der Waals surface area contributed by atoms with E-state index in [-0.39, 0.29) is 12.5 Å². The highest BCUT2D eigenvalue weighted by molar-refractivity contribution is 7.89. The smallest absolute Gasteiger partial charge is 0.241 e. The van der Waals surface area contributed by atoms with E-state index in [1.165, 1.54) is 11.3 Å². The molecule has 1 unspecified atom stereocenters. The maximum atomic E-state index is 12.1. The molecule has 0 aromatic carbocycles. The minimum absolute atomic E-state index is 0.0152. The fraction of sp³-hybridized carbons (Fsp3) is 0.667. The zero-order valence-corrected chi connectivity index (χ0v) is 13.1. The Hall–Kier alpha value is -0.430. The van der Waals surface area contributed by atoms with E-state index in [2.05, 4.69) is 4.72 Å². The second-order valence-corrected chi connectivity index (χ2v) is 8.31. The van der Waals surface area contributed by atoms with Crippen molar-refractivity contribution in [1.29, 1.82) is 0 Å². The molecule has 6 heteroatoms. The largest absolute Gasteiger partial charge is 0.389 e. The summed E-state index contributed by atoms with van der Waals surface area (Å²) in [5.41, 5.74) is -1.05. The van der Waals surface area contributed by atoms with Crippen molar-refractivity contribution in [2.45, 2.75) is 45.1 Å². The Kier molecular flexibility index (Phi) is 4.59. The second kappa shape index (κ2) is 5.28. The van der Waals surface area contributed by atoms with Gasteiger partial charge in [0.25, 0.3) is 0 Å². The molecule has 0 amide bonds. The van der Waals surface area contributed by atoms with Gasteiger partial charge in [-0.25, -0.2) is 13.1 Å². The zero-order valence-electron chi connectivity index (χ0n) is 11.4. The molecule has 0 aliphatic heterocycles. The number of sulfonamides is 1. The van der Waals surface area contributed by atoms with E-state index in [0.29, 0.717) is 4.90 Å². The van der Waals surface area contributed by atoms with Crippen molar-refractivity contribution in [2.75, 3.05) is 6.54 Å². The summed E-state index contributed by atoms with van der Waals surface area (Å²) in [7, 11) is -3.54. The molecule has 0 aliphatic rings. The summed E-state index contributed by atoms with van der Waals surface area (Å²) < 4.78 is 26.7. The predicted octanol–water partition coefficient (Wildman–Crippen LogP) is 2.05. The first kappa shape index (κ1) is 15.6. The van der Waals surface area contributed by atoms with Crippen LogP contribution in [0.1, 0.15) is 30.5 Å². The summed E-state index contributed by atoms with van der Waals surface area (Å²) in [4.78, 5) is 2.04. The van der Waals surface area contributed by atoms with Crippen molar-refractivity contribution in [3.05, 3.63) is 15.8 Å². The Morgan fingerprint density at radius 3 is 2.39 bits per heavy atom. The normalized spacial score (nSPS) is 15.9. The quantitative estimate of drug-likeness (QED) is 0.872. The second-order valence-electron chi connectivity index (χ2n) is 5.11. The van der Waals surface area contributed by atoms with Gasteiger partial charge in [0.05, 0.1) is 10.5 Å². The van der Waals surface area contributed by atoms with Gasteiger partial charge < -0.3 is 5.11 Å². The highest BCUT2D eigenvalue weighted by atomic mass is 32.2. The number of aryl methyl sites for hydroxylation is 2. The molecule has 1 heterocycles. The third-order valence-electron chi connectivity index (χ3n) is 3.15. The van der Waals surface area contributed by atoms with E-state index in [1.54, 1.807) is 19.9 Å². The van der Waals surface area contributed by atoms with Crippen LogP contribution in [-0.4, -0.2) is 25.7 Å². The van der Waals surface area contributed by atoms with Crippen LogP contribution in [0.5, 0.6) is 0 Å². The average molecular weight is 291 g/mol. The molecule has 0 saturated carbocycles. The van der Waals surface area contributed by atoms with Gasteiger partial charge in [0, 0.05) is 16.3 Å². The van der Waals surface area contributed by atoms with Crippen LogP contribution in [0.3, 0.4) is 0 Å². The Bertz CT molecular complexity index is 515. The van der Waals surface area contributed by atoms with Crippen LogP contribution >= 0.6 is 11.3 Å². The minimum atomic E-state index is -3.54. The molecule has 1 atom stereocenters. The van der Waals surface area contributed by atoms with Crippen LogP contribution in [0.15, 0.2) is 11.0 Å². The van der Waals surface area contributed by atoms with E-state index in [4.69, 9.17) is 0 Å². The molecule has 1 rings (SSSR count). The van der Waals surface area contributed by atoms with Crippen molar-refractivity contribution in [3.8, 4) is 0 Å². The van der Waals surface area contributed by atoms with Crippen LogP contribution in [-0.2, 0) is 10.0 Å². The number of thiophene rings is 1. The summed E-state index contributed by atoms with van der Waals surface area (Å²) in [6, 6.07) is 1.66.